The number of ether oxygens (including phenoxy) is 9. The van der Waals surface area contributed by atoms with Gasteiger partial charge in [0, 0.05) is 51.6 Å². The van der Waals surface area contributed by atoms with E-state index >= 15 is 0 Å². The maximum absolute atomic E-state index is 14.0. The number of aliphatic hydroxyl groups is 2. The molecule has 10 aliphatic heterocycles. The van der Waals surface area contributed by atoms with Crippen molar-refractivity contribution in [1.29, 1.82) is 0 Å². The van der Waals surface area contributed by atoms with E-state index in [2.05, 4.69) is 20.1 Å². The third kappa shape index (κ3) is 6.59. The van der Waals surface area contributed by atoms with Crippen LogP contribution < -0.4 is 0 Å². The van der Waals surface area contributed by atoms with Crippen LogP contribution in [0.25, 0.3) is 0 Å². The van der Waals surface area contributed by atoms with E-state index < -0.39 is 24.1 Å². The van der Waals surface area contributed by atoms with Crippen molar-refractivity contribution < 1.29 is 57.6 Å². The van der Waals surface area contributed by atoms with Crippen LogP contribution in [0, 0.1) is 11.8 Å². The Kier molecular flexibility index (Phi) is 10.0. The average Bonchev–Trinajstić information content (AvgIpc) is 3.79. The normalized spacial score (nSPS) is 52.4. The van der Waals surface area contributed by atoms with Crippen LogP contribution in [0.2, 0.25) is 0 Å². The first kappa shape index (κ1) is 36.4. The van der Waals surface area contributed by atoms with Crippen LogP contribution in [0.4, 0.5) is 0 Å². The third-order valence-electron chi connectivity index (χ3n) is 13.9. The molecule has 7 unspecified atom stereocenters. The number of rotatable bonds is 4. The highest BCUT2D eigenvalue weighted by molar-refractivity contribution is 5.79. The minimum absolute atomic E-state index is 0.0260. The number of fused-ring (bicyclic) bond motifs is 6. The fourth-order valence-corrected chi connectivity index (χ4v) is 11.3. The van der Waals surface area contributed by atoms with E-state index in [0.29, 0.717) is 25.7 Å². The number of Topliss-reactive ketones (excluding diaryl/α,β-unsaturated/α-hetero) is 1. The van der Waals surface area contributed by atoms with Crippen LogP contribution in [0.1, 0.15) is 90.4 Å². The first-order valence-electron chi connectivity index (χ1n) is 20.1. The molecule has 10 saturated heterocycles. The van der Waals surface area contributed by atoms with Crippen LogP contribution in [-0.4, -0.2) is 133 Å². The van der Waals surface area contributed by atoms with E-state index in [0.717, 1.165) is 49.7 Å². The molecule has 12 nitrogen and oxygen atoms in total. The van der Waals surface area contributed by atoms with Crippen LogP contribution in [0.3, 0.4) is 0 Å². The monoisotopic (exact) mass is 730 g/mol. The van der Waals surface area contributed by atoms with Gasteiger partial charge in [-0.2, -0.15) is 0 Å². The molecule has 10 fully saturated rings. The summed E-state index contributed by atoms with van der Waals surface area (Å²) in [5.74, 6) is -0.709. The molecule has 2 N–H and O–H groups in total. The van der Waals surface area contributed by atoms with Gasteiger partial charge in [-0.15, -0.1) is 0 Å². The van der Waals surface area contributed by atoms with Crippen molar-refractivity contribution in [2.45, 2.75) is 194 Å². The second-order valence-electron chi connectivity index (χ2n) is 17.4. The number of carbonyl (C=O) groups excluding carboxylic acids is 1. The maximum Gasteiger partial charge on any atom is 0.172 e. The molecule has 0 aromatic heterocycles. The molecule has 10 heterocycles. The van der Waals surface area contributed by atoms with Crippen molar-refractivity contribution in [1.82, 2.24) is 0 Å². The number of ketones is 1. The van der Waals surface area contributed by atoms with Gasteiger partial charge in [0.15, 0.2) is 5.79 Å². The lowest BCUT2D eigenvalue weighted by atomic mass is 9.81. The van der Waals surface area contributed by atoms with Gasteiger partial charge in [-0.3, -0.25) is 4.79 Å². The molecule has 0 amide bonds. The molecule has 0 aromatic rings. The molecule has 0 aromatic carbocycles. The summed E-state index contributed by atoms with van der Waals surface area (Å²) < 4.78 is 59.8. The van der Waals surface area contributed by atoms with Gasteiger partial charge in [0.25, 0.3) is 0 Å². The smallest absolute Gasteiger partial charge is 0.172 e. The Labute approximate surface area is 306 Å². The van der Waals surface area contributed by atoms with Gasteiger partial charge in [-0.1, -0.05) is 20.1 Å². The summed E-state index contributed by atoms with van der Waals surface area (Å²) in [7, 11) is 1.63. The van der Waals surface area contributed by atoms with E-state index in [4.69, 9.17) is 42.6 Å². The molecule has 52 heavy (non-hydrogen) atoms. The Balaban J connectivity index is 0.994. The Morgan fingerprint density at radius 3 is 2.37 bits per heavy atom. The zero-order chi connectivity index (χ0) is 35.9. The first-order valence-corrected chi connectivity index (χ1v) is 20.1. The molecule has 0 saturated carbocycles. The van der Waals surface area contributed by atoms with Crippen molar-refractivity contribution in [2.75, 3.05) is 13.7 Å². The van der Waals surface area contributed by atoms with E-state index in [9.17, 15) is 15.0 Å². The van der Waals surface area contributed by atoms with Gasteiger partial charge in [0.2, 0.25) is 0 Å². The summed E-state index contributed by atoms with van der Waals surface area (Å²) in [5, 5.41) is 20.1. The predicted octanol–water partition coefficient (Wildman–Crippen LogP) is 3.47. The molecule has 12 heteroatoms. The third-order valence-corrected chi connectivity index (χ3v) is 13.9. The van der Waals surface area contributed by atoms with Crippen LogP contribution in [-0.2, 0) is 47.4 Å². The standard InChI is InChI=1S/C40H58O12/c1-19-11-24-5-7-28-20(2)12-26(45-28)9-10-40-17-33-36(51-40)37-38(50-33)39(52-40)35-29(49-37)8-6-25(47-35)13-22(42)14-27-31(16-30(46-24)21(19)3)48-32(34(27)44-4)15-23(43)18-41/h19,23-39,41,43H,2-3,5-18H2,1,4H3/t19-,23+,24+,25?,26?,27?,28?,29+,30?,31+,32?,33?,34-,35+,36+,37+,38-,39+,40+/m1/s1. The molecular formula is C40H58O12. The van der Waals surface area contributed by atoms with Gasteiger partial charge in [-0.05, 0) is 62.0 Å². The number of methoxy groups -OCH3 is 1. The molecule has 12 bridgehead atoms. The summed E-state index contributed by atoms with van der Waals surface area (Å²) in [6.07, 6.45) is 4.01. The lowest BCUT2D eigenvalue weighted by Gasteiger charge is -2.47. The van der Waals surface area contributed by atoms with Crippen molar-refractivity contribution in [3.63, 3.8) is 0 Å². The van der Waals surface area contributed by atoms with Gasteiger partial charge < -0.3 is 52.8 Å². The Hall–Kier alpha value is -1.29. The zero-order valence-electron chi connectivity index (χ0n) is 30.7. The van der Waals surface area contributed by atoms with E-state index in [1.54, 1.807) is 7.11 Å². The molecule has 10 rings (SSSR count). The number of aliphatic hydroxyl groups excluding tert-OH is 2. The number of hydrogen-bond donors (Lipinski definition) is 2. The molecular weight excluding hydrogens is 672 g/mol. The maximum atomic E-state index is 14.0. The highest BCUT2D eigenvalue weighted by atomic mass is 16.8. The van der Waals surface area contributed by atoms with E-state index in [1.165, 1.54) is 0 Å². The minimum Gasteiger partial charge on any atom is -0.394 e. The van der Waals surface area contributed by atoms with Crippen LogP contribution in [0.5, 0.6) is 0 Å². The summed E-state index contributed by atoms with van der Waals surface area (Å²) >= 11 is 0. The molecule has 1 spiro atoms. The molecule has 10 aliphatic rings. The lowest BCUT2D eigenvalue weighted by Crippen LogP contribution is -2.61. The number of hydrogen-bond acceptors (Lipinski definition) is 12. The molecule has 0 aliphatic carbocycles. The fraction of sp³-hybridized carbons (Fsp3) is 0.875. The topological polar surface area (TPSA) is 141 Å². The fourth-order valence-electron chi connectivity index (χ4n) is 11.3. The van der Waals surface area contributed by atoms with Crippen molar-refractivity contribution in [3.05, 3.63) is 24.3 Å². The lowest BCUT2D eigenvalue weighted by molar-refractivity contribution is -0.292. The summed E-state index contributed by atoms with van der Waals surface area (Å²) in [4.78, 5) is 14.0. The van der Waals surface area contributed by atoms with Gasteiger partial charge >= 0.3 is 0 Å². The summed E-state index contributed by atoms with van der Waals surface area (Å²) in [5.41, 5.74) is 2.17. The SMILES string of the molecule is C=C1CC2CC[C@@]34CC5O[C@H]6[C@@H](O3)[C@H]3OC(CC[C@@H]3O[C@H]6[C@H]5O4)CC(=O)CC3[C@@H](OC)C(C[C@H](O)CO)O[C@H]3CC3O[C@@H](CCC1O2)C[C@@H](C)C3=C. The highest BCUT2D eigenvalue weighted by Crippen LogP contribution is 2.54. The summed E-state index contributed by atoms with van der Waals surface area (Å²) in [6.45, 7) is 10.7. The molecule has 290 valence electrons. The van der Waals surface area contributed by atoms with Crippen molar-refractivity contribution in [2.24, 2.45) is 11.8 Å². The van der Waals surface area contributed by atoms with E-state index in [1.807, 2.05) is 0 Å². The second kappa shape index (κ2) is 14.3. The van der Waals surface area contributed by atoms with Gasteiger partial charge in [0.1, 0.15) is 36.3 Å². The molecule has 0 radical (unpaired) electrons. The van der Waals surface area contributed by atoms with Crippen LogP contribution in [0.15, 0.2) is 24.3 Å². The average molecular weight is 731 g/mol. The second-order valence-corrected chi connectivity index (χ2v) is 17.4. The van der Waals surface area contributed by atoms with Crippen LogP contribution >= 0.6 is 0 Å². The van der Waals surface area contributed by atoms with E-state index in [-0.39, 0.29) is 123 Å². The molecule has 19 atom stereocenters. The Morgan fingerprint density at radius 1 is 0.788 bits per heavy atom. The Bertz CT molecular complexity index is 1370. The van der Waals surface area contributed by atoms with Gasteiger partial charge in [0.05, 0.1) is 73.8 Å². The highest BCUT2D eigenvalue weighted by Gasteiger charge is 2.68. The predicted molar refractivity (Wildman–Crippen MR) is 184 cm³/mol. The van der Waals surface area contributed by atoms with Gasteiger partial charge in [-0.25, -0.2) is 0 Å². The largest absolute Gasteiger partial charge is 0.394 e. The Morgan fingerprint density at radius 2 is 1.54 bits per heavy atom. The first-order chi connectivity index (χ1) is 25.1. The quantitative estimate of drug-likeness (QED) is 0.410. The number of carbonyl (C=O) groups is 1. The minimum atomic E-state index is -0.951. The van der Waals surface area contributed by atoms with Crippen molar-refractivity contribution in [3.8, 4) is 0 Å². The summed E-state index contributed by atoms with van der Waals surface area (Å²) in [6, 6.07) is 0. The van der Waals surface area contributed by atoms with Crippen molar-refractivity contribution >= 4 is 5.78 Å². The zero-order valence-corrected chi connectivity index (χ0v) is 30.7.